The number of benzene rings is 1. The highest BCUT2D eigenvalue weighted by Gasteiger charge is 2.41. The van der Waals surface area contributed by atoms with Gasteiger partial charge in [-0.3, -0.25) is 14.4 Å². The molecular weight excluding hydrogens is 308 g/mol. The zero-order valence-electron chi connectivity index (χ0n) is 13.8. The van der Waals surface area contributed by atoms with E-state index in [-0.39, 0.29) is 18.4 Å². The van der Waals surface area contributed by atoms with Crippen LogP contribution in [0.2, 0.25) is 0 Å². The van der Waals surface area contributed by atoms with Crippen molar-refractivity contribution in [3.05, 3.63) is 35.4 Å². The van der Waals surface area contributed by atoms with E-state index in [2.05, 4.69) is 0 Å². The third-order valence-corrected chi connectivity index (χ3v) is 4.94. The van der Waals surface area contributed by atoms with Gasteiger partial charge in [0.25, 0.3) is 0 Å². The Balaban J connectivity index is 1.69. The lowest BCUT2D eigenvalue weighted by Gasteiger charge is -2.28. The fraction of sp³-hybridized carbons (Fsp3) is 0.500. The molecule has 0 unspecified atom stereocenters. The number of carboxylic acid groups (broad SMARTS) is 1. The molecule has 2 atom stereocenters. The van der Waals surface area contributed by atoms with Crippen LogP contribution in [0.1, 0.15) is 30.4 Å². The molecule has 1 aromatic carbocycles. The van der Waals surface area contributed by atoms with E-state index < -0.39 is 17.9 Å². The maximum absolute atomic E-state index is 12.8. The fourth-order valence-electron chi connectivity index (χ4n) is 3.45. The first-order valence-corrected chi connectivity index (χ1v) is 8.32. The van der Waals surface area contributed by atoms with Crippen molar-refractivity contribution in [1.82, 2.24) is 9.80 Å². The van der Waals surface area contributed by atoms with E-state index in [0.29, 0.717) is 32.4 Å². The van der Waals surface area contributed by atoms with Gasteiger partial charge in [0.2, 0.25) is 11.8 Å². The number of hydrogen-bond acceptors (Lipinski definition) is 3. The van der Waals surface area contributed by atoms with Gasteiger partial charge in [-0.2, -0.15) is 0 Å². The van der Waals surface area contributed by atoms with Crippen LogP contribution in [0.25, 0.3) is 0 Å². The van der Waals surface area contributed by atoms with Gasteiger partial charge < -0.3 is 14.9 Å². The molecule has 2 aliphatic rings. The Bertz CT molecular complexity index is 655. The van der Waals surface area contributed by atoms with Crippen molar-refractivity contribution >= 4 is 17.8 Å². The monoisotopic (exact) mass is 330 g/mol. The Morgan fingerprint density at radius 3 is 2.54 bits per heavy atom. The van der Waals surface area contributed by atoms with Gasteiger partial charge in [-0.15, -0.1) is 0 Å². The molecule has 2 saturated heterocycles. The molecule has 0 aromatic heterocycles. The second-order valence-electron chi connectivity index (χ2n) is 6.67. The molecule has 1 aromatic rings. The summed E-state index contributed by atoms with van der Waals surface area (Å²) >= 11 is 0. The van der Waals surface area contributed by atoms with Crippen LogP contribution in [0.3, 0.4) is 0 Å². The molecule has 2 amide bonds. The normalized spacial score (nSPS) is 23.8. The Morgan fingerprint density at radius 1 is 1.21 bits per heavy atom. The molecule has 2 aliphatic heterocycles. The second kappa shape index (κ2) is 6.63. The summed E-state index contributed by atoms with van der Waals surface area (Å²) in [6.45, 7) is 3.13. The van der Waals surface area contributed by atoms with Gasteiger partial charge in [0.1, 0.15) is 6.04 Å². The van der Waals surface area contributed by atoms with Gasteiger partial charge in [0, 0.05) is 26.1 Å². The maximum Gasteiger partial charge on any atom is 0.308 e. The van der Waals surface area contributed by atoms with Crippen LogP contribution in [0.15, 0.2) is 24.3 Å². The zero-order valence-corrected chi connectivity index (χ0v) is 13.8. The molecule has 24 heavy (non-hydrogen) atoms. The molecule has 0 aliphatic carbocycles. The molecular formula is C18H22N2O4. The Labute approximate surface area is 141 Å². The highest BCUT2D eigenvalue weighted by Crippen LogP contribution is 2.26. The quantitative estimate of drug-likeness (QED) is 0.906. The summed E-state index contributed by atoms with van der Waals surface area (Å²) in [5.74, 6) is -1.47. The predicted molar refractivity (Wildman–Crippen MR) is 87.1 cm³/mol. The van der Waals surface area contributed by atoms with E-state index in [0.717, 1.165) is 11.1 Å². The van der Waals surface area contributed by atoms with Crippen LogP contribution < -0.4 is 0 Å². The van der Waals surface area contributed by atoms with Crippen LogP contribution in [-0.4, -0.2) is 51.8 Å². The van der Waals surface area contributed by atoms with Crippen molar-refractivity contribution < 1.29 is 19.5 Å². The van der Waals surface area contributed by atoms with E-state index >= 15 is 0 Å². The molecule has 2 heterocycles. The summed E-state index contributed by atoms with van der Waals surface area (Å²) in [7, 11) is 0. The number of carbonyl (C=O) groups excluding carboxylic acids is 2. The number of aliphatic carboxylic acids is 1. The van der Waals surface area contributed by atoms with Gasteiger partial charge in [-0.25, -0.2) is 0 Å². The van der Waals surface area contributed by atoms with Gasteiger partial charge in [-0.05, 0) is 25.3 Å². The average Bonchev–Trinajstić information content (AvgIpc) is 3.17. The zero-order chi connectivity index (χ0) is 17.3. The van der Waals surface area contributed by atoms with Gasteiger partial charge in [0.05, 0.1) is 5.92 Å². The lowest BCUT2D eigenvalue weighted by Crippen LogP contribution is -2.45. The molecule has 1 N–H and O–H groups in total. The molecule has 3 rings (SSSR count). The van der Waals surface area contributed by atoms with Crippen molar-refractivity contribution in [3.8, 4) is 0 Å². The van der Waals surface area contributed by atoms with E-state index in [4.69, 9.17) is 5.11 Å². The first-order chi connectivity index (χ1) is 11.5. The van der Waals surface area contributed by atoms with Crippen LogP contribution >= 0.6 is 0 Å². The molecule has 128 valence electrons. The minimum atomic E-state index is -0.857. The number of carbonyl (C=O) groups is 3. The molecule has 0 radical (unpaired) electrons. The van der Waals surface area contributed by atoms with Crippen molar-refractivity contribution in [1.29, 1.82) is 0 Å². The predicted octanol–water partition coefficient (Wildman–Crippen LogP) is 1.42. The number of likely N-dealkylation sites (tertiary alicyclic amines) is 2. The van der Waals surface area contributed by atoms with E-state index in [1.54, 1.807) is 9.80 Å². The first kappa shape index (κ1) is 16.5. The van der Waals surface area contributed by atoms with Gasteiger partial charge in [-0.1, -0.05) is 29.8 Å². The van der Waals surface area contributed by atoms with Crippen LogP contribution in [-0.2, 0) is 20.9 Å². The van der Waals surface area contributed by atoms with Crippen LogP contribution in [0.4, 0.5) is 0 Å². The highest BCUT2D eigenvalue weighted by atomic mass is 16.4. The molecule has 0 saturated carbocycles. The van der Waals surface area contributed by atoms with Crippen molar-refractivity contribution in [3.63, 3.8) is 0 Å². The number of amides is 2. The Hall–Kier alpha value is -2.37. The third kappa shape index (κ3) is 3.27. The maximum atomic E-state index is 12.8. The summed E-state index contributed by atoms with van der Waals surface area (Å²) in [6, 6.07) is 7.46. The molecule has 2 fully saturated rings. The second-order valence-corrected chi connectivity index (χ2v) is 6.67. The van der Waals surface area contributed by atoms with E-state index in [1.807, 2.05) is 31.2 Å². The molecule has 0 bridgehead atoms. The first-order valence-electron chi connectivity index (χ1n) is 8.32. The fourth-order valence-corrected chi connectivity index (χ4v) is 3.45. The van der Waals surface area contributed by atoms with Crippen molar-refractivity contribution in [2.24, 2.45) is 5.92 Å². The topological polar surface area (TPSA) is 77.9 Å². The number of nitrogens with zero attached hydrogens (tertiary/aromatic N) is 2. The third-order valence-electron chi connectivity index (χ3n) is 4.94. The molecule has 0 spiro atoms. The molecule has 6 nitrogen and oxygen atoms in total. The van der Waals surface area contributed by atoms with Gasteiger partial charge >= 0.3 is 5.97 Å². The number of hydrogen-bond donors (Lipinski definition) is 1. The minimum Gasteiger partial charge on any atom is -0.481 e. The Morgan fingerprint density at radius 2 is 1.92 bits per heavy atom. The lowest BCUT2D eigenvalue weighted by molar-refractivity contribution is -0.143. The van der Waals surface area contributed by atoms with Crippen molar-refractivity contribution in [2.45, 2.75) is 38.8 Å². The van der Waals surface area contributed by atoms with Crippen molar-refractivity contribution in [2.75, 3.05) is 13.1 Å². The van der Waals surface area contributed by atoms with E-state index in [1.165, 1.54) is 0 Å². The standard InChI is InChI=1S/C18H22N2O4/c1-12-2-4-13(5-3-12)10-20-15(6-7-16(20)21)17(22)19-9-8-14(11-19)18(23)24/h2-5,14-15H,6-11H2,1H3,(H,23,24)/t14-,15-/m0/s1. The summed E-state index contributed by atoms with van der Waals surface area (Å²) in [5, 5.41) is 9.09. The van der Waals surface area contributed by atoms with Gasteiger partial charge in [0.15, 0.2) is 0 Å². The number of aryl methyl sites for hydroxylation is 1. The van der Waals surface area contributed by atoms with Crippen LogP contribution in [0.5, 0.6) is 0 Å². The number of rotatable bonds is 4. The minimum absolute atomic E-state index is 0.0112. The number of carboxylic acids is 1. The SMILES string of the molecule is Cc1ccc(CN2C(=O)CC[C@H]2C(=O)N2CC[C@H](C(=O)O)C2)cc1. The van der Waals surface area contributed by atoms with E-state index in [9.17, 15) is 14.4 Å². The smallest absolute Gasteiger partial charge is 0.308 e. The summed E-state index contributed by atoms with van der Waals surface area (Å²) in [6.07, 6.45) is 1.37. The van der Waals surface area contributed by atoms with Crippen LogP contribution in [0, 0.1) is 12.8 Å². The highest BCUT2D eigenvalue weighted by molar-refractivity contribution is 5.91. The summed E-state index contributed by atoms with van der Waals surface area (Å²) in [5.41, 5.74) is 2.15. The largest absolute Gasteiger partial charge is 0.481 e. The lowest BCUT2D eigenvalue weighted by atomic mass is 10.1. The Kier molecular flexibility index (Phi) is 4.55. The summed E-state index contributed by atoms with van der Waals surface area (Å²) < 4.78 is 0. The molecule has 6 heteroatoms. The average molecular weight is 330 g/mol. The summed E-state index contributed by atoms with van der Waals surface area (Å²) in [4.78, 5) is 39.3.